The molecule has 2 N–H and O–H groups in total. The van der Waals surface area contributed by atoms with Crippen molar-refractivity contribution in [3.63, 3.8) is 0 Å². The highest BCUT2D eigenvalue weighted by Gasteiger charge is 2.20. The number of ether oxygens (including phenoxy) is 4. The molecule has 0 unspecified atom stereocenters. The molecule has 5 heterocycles. The number of nitrogens with zero attached hydrogens (tertiary/aromatic N) is 4. The van der Waals surface area contributed by atoms with Gasteiger partial charge in [-0.1, -0.05) is 152 Å². The zero-order chi connectivity index (χ0) is 58.3. The Morgan fingerprint density at radius 1 is 0.298 bits per heavy atom. The van der Waals surface area contributed by atoms with Gasteiger partial charge in [0.05, 0.1) is 49.2 Å². The third-order valence-corrected chi connectivity index (χ3v) is 15.9. The molecule has 0 saturated heterocycles. The Labute approximate surface area is 501 Å². The molecule has 10 heteroatoms. The molecule has 0 spiro atoms. The average molecular weight is 1130 g/mol. The molecule has 0 radical (unpaired) electrons. The standard InChI is InChI=1S/C74H92N6O4/c1-7-9-11-13-15-17-19-21-51-81-59-33-25-55(26-34-59)71-63-41-45-67(75-63)73(57-29-37-61(38-30-57)83-53-23-49-79(3)4)69-47-43-65(77-69)72(56-27-35-60(36-28-56)82-52-22-20-18-16-14-12-10-8-2)66-44-48-70(78-66)74(68-46-42-64(71)76-68)58-31-39-62(40-32-58)84-54-24-50-80(5)6/h25-48,75,78H,7-24,49-54H2,1-6H3. The van der Waals surface area contributed by atoms with Crippen LogP contribution in [0.3, 0.4) is 0 Å². The fraction of sp³-hybridized carbons (Fsp3) is 0.405. The summed E-state index contributed by atoms with van der Waals surface area (Å²) in [5.74, 6) is 3.42. The number of unbranched alkanes of at least 4 members (excludes halogenated alkanes) is 14. The van der Waals surface area contributed by atoms with Crippen LogP contribution in [0.1, 0.15) is 152 Å². The van der Waals surface area contributed by atoms with E-state index in [-0.39, 0.29) is 0 Å². The predicted molar refractivity (Wildman–Crippen MR) is 354 cm³/mol. The number of H-pyrrole nitrogens is 2. The lowest BCUT2D eigenvalue weighted by molar-refractivity contribution is 0.281. The van der Waals surface area contributed by atoms with Crippen molar-refractivity contribution in [3.8, 4) is 67.5 Å². The van der Waals surface area contributed by atoms with Crippen LogP contribution in [0.25, 0.3) is 90.9 Å². The summed E-state index contributed by atoms with van der Waals surface area (Å²) >= 11 is 0. The summed E-state index contributed by atoms with van der Waals surface area (Å²) in [5, 5.41) is 0. The largest absolute Gasteiger partial charge is 0.494 e. The minimum Gasteiger partial charge on any atom is -0.494 e. The molecule has 442 valence electrons. The van der Waals surface area contributed by atoms with Crippen LogP contribution in [0.5, 0.6) is 23.0 Å². The Morgan fingerprint density at radius 3 is 0.786 bits per heavy atom. The van der Waals surface area contributed by atoms with E-state index in [1.165, 1.54) is 89.9 Å². The Morgan fingerprint density at radius 2 is 0.536 bits per heavy atom. The molecular weight excluding hydrogens is 1040 g/mol. The zero-order valence-electron chi connectivity index (χ0n) is 51.2. The summed E-state index contributed by atoms with van der Waals surface area (Å²) in [6.07, 6.45) is 30.7. The number of fused-ring (bicyclic) bond motifs is 8. The van der Waals surface area contributed by atoms with E-state index in [1.807, 2.05) is 0 Å². The molecule has 3 aromatic heterocycles. The molecule has 0 fully saturated rings. The zero-order valence-corrected chi connectivity index (χ0v) is 51.2. The van der Waals surface area contributed by atoms with Crippen molar-refractivity contribution in [2.24, 2.45) is 0 Å². The number of aromatic amines is 2. The Bertz CT molecular complexity index is 3150. The van der Waals surface area contributed by atoms with Crippen LogP contribution in [0.15, 0.2) is 121 Å². The van der Waals surface area contributed by atoms with Crippen molar-refractivity contribution in [3.05, 3.63) is 144 Å². The van der Waals surface area contributed by atoms with Crippen LogP contribution in [-0.4, -0.2) is 97.4 Å². The second-order valence-electron chi connectivity index (χ2n) is 23.3. The molecule has 0 atom stereocenters. The van der Waals surface area contributed by atoms with Gasteiger partial charge in [0.15, 0.2) is 0 Å². The molecule has 2 aliphatic heterocycles. The first kappa shape index (κ1) is 61.2. The van der Waals surface area contributed by atoms with E-state index in [4.69, 9.17) is 28.9 Å². The van der Waals surface area contributed by atoms with E-state index in [0.29, 0.717) is 26.4 Å². The summed E-state index contributed by atoms with van der Waals surface area (Å²) in [7, 11) is 8.37. The molecule has 0 saturated carbocycles. The number of benzene rings is 4. The predicted octanol–water partition coefficient (Wildman–Crippen LogP) is 19.0. The van der Waals surface area contributed by atoms with Crippen molar-refractivity contribution >= 4 is 46.4 Å². The van der Waals surface area contributed by atoms with Crippen LogP contribution in [0.4, 0.5) is 0 Å². The third kappa shape index (κ3) is 17.4. The van der Waals surface area contributed by atoms with Crippen molar-refractivity contribution in [1.29, 1.82) is 0 Å². The molecular formula is C74H92N6O4. The van der Waals surface area contributed by atoms with Gasteiger partial charge in [-0.05, 0) is 173 Å². The number of rotatable bonds is 34. The second-order valence-corrected chi connectivity index (χ2v) is 23.3. The van der Waals surface area contributed by atoms with Gasteiger partial charge in [0.2, 0.25) is 0 Å². The molecule has 84 heavy (non-hydrogen) atoms. The van der Waals surface area contributed by atoms with Gasteiger partial charge in [-0.2, -0.15) is 0 Å². The van der Waals surface area contributed by atoms with Crippen molar-refractivity contribution < 1.29 is 18.9 Å². The number of aromatic nitrogens is 4. The Kier molecular flexibility index (Phi) is 23.3. The highest BCUT2D eigenvalue weighted by Crippen LogP contribution is 2.40. The van der Waals surface area contributed by atoms with E-state index < -0.39 is 0 Å². The summed E-state index contributed by atoms with van der Waals surface area (Å²) in [5.41, 5.74) is 15.2. The number of hydrogen-bond donors (Lipinski definition) is 2. The summed E-state index contributed by atoms with van der Waals surface area (Å²) < 4.78 is 25.2. The highest BCUT2D eigenvalue weighted by molar-refractivity contribution is 6.00. The van der Waals surface area contributed by atoms with E-state index in [1.54, 1.807) is 0 Å². The lowest BCUT2D eigenvalue weighted by atomic mass is 10.0. The molecule has 0 aliphatic carbocycles. The summed E-state index contributed by atoms with van der Waals surface area (Å²) in [4.78, 5) is 23.4. The normalized spacial score (nSPS) is 12.0. The van der Waals surface area contributed by atoms with E-state index >= 15 is 0 Å². The molecule has 7 aromatic rings. The van der Waals surface area contributed by atoms with Gasteiger partial charge in [0, 0.05) is 57.4 Å². The first-order valence-electron chi connectivity index (χ1n) is 31.6. The third-order valence-electron chi connectivity index (χ3n) is 15.9. The molecule has 2 aliphatic rings. The average Bonchev–Trinajstić information content (AvgIpc) is 3.32. The fourth-order valence-corrected chi connectivity index (χ4v) is 11.3. The fourth-order valence-electron chi connectivity index (χ4n) is 11.3. The van der Waals surface area contributed by atoms with E-state index in [0.717, 1.165) is 151 Å². The molecule has 4 aromatic carbocycles. The van der Waals surface area contributed by atoms with Crippen LogP contribution in [0.2, 0.25) is 0 Å². The monoisotopic (exact) mass is 1130 g/mol. The maximum Gasteiger partial charge on any atom is 0.119 e. The van der Waals surface area contributed by atoms with Crippen molar-refractivity contribution in [2.45, 2.75) is 129 Å². The summed E-state index contributed by atoms with van der Waals surface area (Å²) in [6.45, 7) is 9.19. The molecule has 8 bridgehead atoms. The SMILES string of the molecule is CCCCCCCCCCOc1ccc(-c2c3nc(c(-c4ccc(OCCCN(C)C)cc4)c4ccc([nH]4)c(-c4ccc(OCCCCCCCCCC)cc4)c4nc(c(-c5ccc(OCCCN(C)C)cc5)c5ccc2[nH]5)C=C4)C=C3)cc1. The molecule has 9 rings (SSSR count). The smallest absolute Gasteiger partial charge is 0.119 e. The van der Waals surface area contributed by atoms with Gasteiger partial charge in [-0.15, -0.1) is 0 Å². The van der Waals surface area contributed by atoms with Gasteiger partial charge < -0.3 is 38.7 Å². The Balaban J connectivity index is 1.15. The molecule has 10 nitrogen and oxygen atoms in total. The number of nitrogens with one attached hydrogen (secondary N) is 2. The molecule has 0 amide bonds. The van der Waals surface area contributed by atoms with Gasteiger partial charge in [0.1, 0.15) is 23.0 Å². The first-order chi connectivity index (χ1) is 41.2. The maximum absolute atomic E-state index is 6.35. The summed E-state index contributed by atoms with van der Waals surface area (Å²) in [6, 6.07) is 42.8. The van der Waals surface area contributed by atoms with Crippen LogP contribution < -0.4 is 18.9 Å². The highest BCUT2D eigenvalue weighted by atomic mass is 16.5. The lowest BCUT2D eigenvalue weighted by Gasteiger charge is -2.11. The van der Waals surface area contributed by atoms with Gasteiger partial charge >= 0.3 is 0 Å². The Hall–Kier alpha value is -7.40. The topological polar surface area (TPSA) is 101 Å². The van der Waals surface area contributed by atoms with Crippen LogP contribution in [0, 0.1) is 0 Å². The van der Waals surface area contributed by atoms with Gasteiger partial charge in [-0.25, -0.2) is 9.97 Å². The van der Waals surface area contributed by atoms with Crippen LogP contribution >= 0.6 is 0 Å². The maximum atomic E-state index is 6.35. The lowest BCUT2D eigenvalue weighted by Crippen LogP contribution is -2.15. The van der Waals surface area contributed by atoms with E-state index in [2.05, 4.69) is 207 Å². The van der Waals surface area contributed by atoms with Crippen molar-refractivity contribution in [2.75, 3.05) is 67.7 Å². The van der Waals surface area contributed by atoms with Gasteiger partial charge in [0.25, 0.3) is 0 Å². The van der Waals surface area contributed by atoms with Crippen molar-refractivity contribution in [1.82, 2.24) is 29.7 Å². The minimum absolute atomic E-state index is 0.647. The second kappa shape index (κ2) is 32.0. The quantitative estimate of drug-likeness (QED) is 0.0385. The van der Waals surface area contributed by atoms with E-state index in [9.17, 15) is 0 Å². The van der Waals surface area contributed by atoms with Crippen LogP contribution in [-0.2, 0) is 0 Å². The minimum atomic E-state index is 0.647. The van der Waals surface area contributed by atoms with Gasteiger partial charge in [-0.3, -0.25) is 0 Å². The number of hydrogen-bond acceptors (Lipinski definition) is 8. The first-order valence-corrected chi connectivity index (χ1v) is 31.6.